The number of ether oxygens (including phenoxy) is 1. The zero-order valence-electron chi connectivity index (χ0n) is 13.9. The first-order valence-corrected chi connectivity index (χ1v) is 8.12. The van der Waals surface area contributed by atoms with Gasteiger partial charge in [-0.1, -0.05) is 35.5 Å². The Morgan fingerprint density at radius 3 is 2.92 bits per heavy atom. The van der Waals surface area contributed by atoms with Crippen molar-refractivity contribution < 1.29 is 9.26 Å². The molecule has 0 saturated heterocycles. The molecule has 0 bridgehead atoms. The molecule has 0 spiro atoms. The van der Waals surface area contributed by atoms with Crippen LogP contribution in [0, 0.1) is 0 Å². The molecule has 7 nitrogen and oxygen atoms in total. The highest BCUT2D eigenvalue weighted by Gasteiger charge is 2.21. The maximum atomic E-state index is 12.3. The third-order valence-electron chi connectivity index (χ3n) is 4.36. The monoisotopic (exact) mass is 338 g/mol. The molecule has 1 aliphatic heterocycles. The first kappa shape index (κ1) is 15.6. The predicted octanol–water partition coefficient (Wildman–Crippen LogP) is 1.99. The normalized spacial score (nSPS) is 14.3. The fourth-order valence-electron chi connectivity index (χ4n) is 3.11. The number of rotatable bonds is 4. The lowest BCUT2D eigenvalue weighted by Gasteiger charge is -2.28. The lowest BCUT2D eigenvalue weighted by atomic mass is 10.0. The van der Waals surface area contributed by atoms with Crippen molar-refractivity contribution in [1.82, 2.24) is 20.0 Å². The van der Waals surface area contributed by atoms with Gasteiger partial charge in [0.15, 0.2) is 0 Å². The molecule has 0 aliphatic carbocycles. The highest BCUT2D eigenvalue weighted by molar-refractivity contribution is 5.55. The van der Waals surface area contributed by atoms with E-state index in [1.54, 1.807) is 0 Å². The van der Waals surface area contributed by atoms with Gasteiger partial charge in [0.2, 0.25) is 5.82 Å². The molecule has 3 aromatic rings. The van der Waals surface area contributed by atoms with Crippen LogP contribution >= 0.6 is 0 Å². The Labute approximate surface area is 144 Å². The molecule has 4 rings (SSSR count). The molecule has 0 radical (unpaired) electrons. The van der Waals surface area contributed by atoms with E-state index in [1.807, 2.05) is 24.3 Å². The molecule has 0 amide bonds. The number of methoxy groups -OCH3 is 1. The fourth-order valence-corrected chi connectivity index (χ4v) is 3.11. The number of aromatic nitrogens is 3. The molecule has 0 saturated carbocycles. The van der Waals surface area contributed by atoms with Gasteiger partial charge in [0.25, 0.3) is 5.56 Å². The summed E-state index contributed by atoms with van der Waals surface area (Å²) in [5.74, 6) is 0.237. The maximum absolute atomic E-state index is 12.3. The van der Waals surface area contributed by atoms with Gasteiger partial charge in [0.1, 0.15) is 0 Å². The number of benzene rings is 1. The Balaban J connectivity index is 1.61. The summed E-state index contributed by atoms with van der Waals surface area (Å²) >= 11 is 0. The molecule has 0 atom stereocenters. The van der Waals surface area contributed by atoms with E-state index < -0.39 is 0 Å². The average Bonchev–Trinajstić information content (AvgIpc) is 3.11. The van der Waals surface area contributed by atoms with Gasteiger partial charge in [0, 0.05) is 31.7 Å². The van der Waals surface area contributed by atoms with Crippen LogP contribution in [-0.2, 0) is 19.5 Å². The standard InChI is InChI=1S/C18H18N4O3/c1-24-18-20-16(21-25-18)14-9-13-11-22(8-7-15(13)19-17(14)23)10-12-5-3-2-4-6-12/h2-6,9H,7-8,10-11H2,1H3,(H,19,23). The van der Waals surface area contributed by atoms with E-state index in [1.165, 1.54) is 12.7 Å². The minimum Gasteiger partial charge on any atom is -0.452 e. The van der Waals surface area contributed by atoms with Crippen LogP contribution in [0.1, 0.15) is 16.8 Å². The molecule has 3 heterocycles. The van der Waals surface area contributed by atoms with E-state index >= 15 is 0 Å². The van der Waals surface area contributed by atoms with Crippen molar-refractivity contribution >= 4 is 0 Å². The van der Waals surface area contributed by atoms with Gasteiger partial charge in [-0.05, 0) is 17.2 Å². The smallest absolute Gasteiger partial charge is 0.417 e. The highest BCUT2D eigenvalue weighted by Crippen LogP contribution is 2.22. The summed E-state index contributed by atoms with van der Waals surface area (Å²) in [6.45, 7) is 2.56. The summed E-state index contributed by atoms with van der Waals surface area (Å²) in [4.78, 5) is 21.7. The van der Waals surface area contributed by atoms with Crippen molar-refractivity contribution in [3.63, 3.8) is 0 Å². The van der Waals surface area contributed by atoms with E-state index in [9.17, 15) is 4.79 Å². The fraction of sp³-hybridized carbons (Fsp3) is 0.278. The topological polar surface area (TPSA) is 84.2 Å². The van der Waals surface area contributed by atoms with E-state index in [0.29, 0.717) is 5.56 Å². The van der Waals surface area contributed by atoms with Crippen molar-refractivity contribution in [2.45, 2.75) is 19.5 Å². The van der Waals surface area contributed by atoms with Crippen LogP contribution in [0.2, 0.25) is 0 Å². The molecule has 0 unspecified atom stereocenters. The number of fused-ring (bicyclic) bond motifs is 1. The number of aromatic amines is 1. The number of nitrogens with zero attached hydrogens (tertiary/aromatic N) is 3. The van der Waals surface area contributed by atoms with Crippen LogP contribution < -0.4 is 10.3 Å². The third-order valence-corrected chi connectivity index (χ3v) is 4.36. The quantitative estimate of drug-likeness (QED) is 0.783. The number of pyridine rings is 1. The van der Waals surface area contributed by atoms with Crippen molar-refractivity contribution in [1.29, 1.82) is 0 Å². The van der Waals surface area contributed by atoms with Crippen LogP contribution in [-0.4, -0.2) is 33.7 Å². The molecule has 7 heteroatoms. The summed E-state index contributed by atoms with van der Waals surface area (Å²) in [6.07, 6.45) is 0.852. The molecule has 128 valence electrons. The lowest BCUT2D eigenvalue weighted by Crippen LogP contribution is -2.32. The SMILES string of the molecule is COc1nc(-c2cc3c([nH]c2=O)CCN(Cc2ccccc2)C3)no1. The summed E-state index contributed by atoms with van der Waals surface area (Å²) in [7, 11) is 1.44. The number of H-pyrrole nitrogens is 1. The predicted molar refractivity (Wildman–Crippen MR) is 91.2 cm³/mol. The van der Waals surface area contributed by atoms with E-state index in [4.69, 9.17) is 9.26 Å². The molecule has 1 aliphatic rings. The minimum atomic E-state index is -0.210. The van der Waals surface area contributed by atoms with Crippen LogP contribution in [0.5, 0.6) is 6.08 Å². The number of nitrogens with one attached hydrogen (secondary N) is 1. The first-order valence-electron chi connectivity index (χ1n) is 8.12. The van der Waals surface area contributed by atoms with Crippen molar-refractivity contribution in [2.75, 3.05) is 13.7 Å². The van der Waals surface area contributed by atoms with E-state index in [-0.39, 0.29) is 17.5 Å². The second-order valence-corrected chi connectivity index (χ2v) is 6.05. The Bertz CT molecular complexity index is 933. The largest absolute Gasteiger partial charge is 0.452 e. The van der Waals surface area contributed by atoms with Crippen molar-refractivity contribution in [2.24, 2.45) is 0 Å². The lowest BCUT2D eigenvalue weighted by molar-refractivity contribution is 0.243. The molecular weight excluding hydrogens is 320 g/mol. The van der Waals surface area contributed by atoms with Gasteiger partial charge in [-0.15, -0.1) is 0 Å². The number of hydrogen-bond donors (Lipinski definition) is 1. The molecule has 1 aromatic carbocycles. The zero-order valence-corrected chi connectivity index (χ0v) is 13.9. The van der Waals surface area contributed by atoms with Gasteiger partial charge in [-0.25, -0.2) is 0 Å². The van der Waals surface area contributed by atoms with Crippen LogP contribution in [0.25, 0.3) is 11.4 Å². The van der Waals surface area contributed by atoms with Gasteiger partial charge >= 0.3 is 6.08 Å². The summed E-state index contributed by atoms with van der Waals surface area (Å²) in [6, 6.07) is 12.2. The Morgan fingerprint density at radius 1 is 1.32 bits per heavy atom. The van der Waals surface area contributed by atoms with Crippen molar-refractivity contribution in [3.8, 4) is 17.5 Å². The second-order valence-electron chi connectivity index (χ2n) is 6.05. The molecule has 2 aromatic heterocycles. The first-order chi connectivity index (χ1) is 12.2. The third kappa shape index (κ3) is 3.18. The summed E-state index contributed by atoms with van der Waals surface area (Å²) < 4.78 is 9.81. The second kappa shape index (κ2) is 6.52. The van der Waals surface area contributed by atoms with Crippen LogP contribution in [0.15, 0.2) is 45.7 Å². The zero-order chi connectivity index (χ0) is 17.2. The Hall–Kier alpha value is -2.93. The molecule has 25 heavy (non-hydrogen) atoms. The van der Waals surface area contributed by atoms with Crippen LogP contribution in [0.3, 0.4) is 0 Å². The van der Waals surface area contributed by atoms with E-state index in [0.717, 1.165) is 37.3 Å². The summed E-state index contributed by atoms with van der Waals surface area (Å²) in [5, 5.41) is 3.81. The Kier molecular flexibility index (Phi) is 4.07. The van der Waals surface area contributed by atoms with Crippen LogP contribution in [0.4, 0.5) is 0 Å². The molecule has 1 N–H and O–H groups in total. The van der Waals surface area contributed by atoms with Gasteiger partial charge in [-0.2, -0.15) is 4.98 Å². The highest BCUT2D eigenvalue weighted by atomic mass is 16.6. The van der Waals surface area contributed by atoms with Gasteiger partial charge < -0.3 is 9.72 Å². The Morgan fingerprint density at radius 2 is 2.16 bits per heavy atom. The summed E-state index contributed by atoms with van der Waals surface area (Å²) in [5.41, 5.74) is 3.53. The van der Waals surface area contributed by atoms with E-state index in [2.05, 4.69) is 32.2 Å². The average molecular weight is 338 g/mol. The van der Waals surface area contributed by atoms with Gasteiger partial charge in [-0.3, -0.25) is 14.2 Å². The molecule has 0 fully saturated rings. The minimum absolute atomic E-state index is 0.0397. The number of hydrogen-bond acceptors (Lipinski definition) is 6. The molecular formula is C18H18N4O3. The van der Waals surface area contributed by atoms with Gasteiger partial charge in [0.05, 0.1) is 12.7 Å². The maximum Gasteiger partial charge on any atom is 0.417 e. The van der Waals surface area contributed by atoms with Crippen molar-refractivity contribution in [3.05, 3.63) is 63.6 Å².